The van der Waals surface area contributed by atoms with Crippen LogP contribution in [0.5, 0.6) is 0 Å². The van der Waals surface area contributed by atoms with Crippen LogP contribution in [-0.2, 0) is 0 Å². The van der Waals surface area contributed by atoms with Crippen LogP contribution in [0.1, 0.15) is 11.1 Å². The Morgan fingerprint density at radius 1 is 0.619 bits per heavy atom. The van der Waals surface area contributed by atoms with Crippen LogP contribution in [0.25, 0.3) is 0 Å². The Hall–Kier alpha value is -1.45. The molecule has 0 amide bonds. The fraction of sp³-hybridized carbons (Fsp3) is 0.222. The van der Waals surface area contributed by atoms with Crippen molar-refractivity contribution in [3.63, 3.8) is 0 Å². The summed E-state index contributed by atoms with van der Waals surface area (Å²) < 4.78 is 0. The first-order valence-corrected chi connectivity index (χ1v) is 6.60. The van der Waals surface area contributed by atoms with Crippen molar-refractivity contribution in [2.75, 3.05) is 38.0 Å². The molecule has 0 spiro atoms. The van der Waals surface area contributed by atoms with Crippen LogP contribution in [0.15, 0.2) is 48.5 Å². The summed E-state index contributed by atoms with van der Waals surface area (Å²) in [6.45, 7) is 7.80. The largest absolute Gasteiger partial charge is 2.00 e. The van der Waals surface area contributed by atoms with Gasteiger partial charge in [-0.1, -0.05) is 35.6 Å². The van der Waals surface area contributed by atoms with Crippen molar-refractivity contribution in [1.82, 2.24) is 0 Å². The maximum atomic E-state index is 3.90. The zero-order chi connectivity index (χ0) is 15.1. The van der Waals surface area contributed by atoms with E-state index in [1.54, 1.807) is 0 Å². The van der Waals surface area contributed by atoms with Gasteiger partial charge in [-0.05, 0) is 28.2 Å². The predicted octanol–water partition coefficient (Wildman–Crippen LogP) is 3.49. The second kappa shape index (κ2) is 9.48. The van der Waals surface area contributed by atoms with E-state index in [0.717, 1.165) is 11.1 Å². The van der Waals surface area contributed by atoms with E-state index in [1.165, 1.54) is 11.4 Å². The van der Waals surface area contributed by atoms with Crippen molar-refractivity contribution in [2.24, 2.45) is 0 Å². The van der Waals surface area contributed by atoms with Crippen molar-refractivity contribution < 1.29 is 0 Å². The quantitative estimate of drug-likeness (QED) is 0.617. The first-order chi connectivity index (χ1) is 9.43. The van der Waals surface area contributed by atoms with Crippen LogP contribution in [-0.4, -0.2) is 51.2 Å². The minimum Gasteiger partial charge on any atom is -0.428 e. The predicted molar refractivity (Wildman–Crippen MR) is 96.2 cm³/mol. The Kier molecular flexibility index (Phi) is 8.82. The molecular weight excluding hydrogens is 269 g/mol. The second-order valence-corrected chi connectivity index (χ2v) is 5.05. The smallest absolute Gasteiger partial charge is 0.428 e. The summed E-state index contributed by atoms with van der Waals surface area (Å²) in [5.41, 5.74) is 4.52. The van der Waals surface area contributed by atoms with E-state index in [2.05, 4.69) is 35.8 Å². The fourth-order valence-electron chi connectivity index (χ4n) is 1.89. The van der Waals surface area contributed by atoms with E-state index >= 15 is 0 Å². The Balaban J connectivity index is 0.000000364. The van der Waals surface area contributed by atoms with Crippen LogP contribution >= 0.6 is 0 Å². The van der Waals surface area contributed by atoms with E-state index < -0.39 is 0 Å². The van der Waals surface area contributed by atoms with Gasteiger partial charge in [-0.25, -0.2) is 0 Å². The van der Waals surface area contributed by atoms with E-state index in [-0.39, 0.29) is 23.1 Å². The van der Waals surface area contributed by atoms with Crippen molar-refractivity contribution in [3.8, 4) is 0 Å². The molecule has 0 fully saturated rings. The molecule has 0 bridgehead atoms. The van der Waals surface area contributed by atoms with Crippen molar-refractivity contribution in [1.29, 1.82) is 0 Å². The molecule has 0 aliphatic heterocycles. The SMILES string of the molecule is [CH2-]c1ccccc1N(C)C.[CH2-]c1ccccc1N(C)C.[Mg+2]. The number of hydrogen-bond donors (Lipinski definition) is 0. The molecule has 0 unspecified atom stereocenters. The third kappa shape index (κ3) is 6.23. The van der Waals surface area contributed by atoms with Crippen molar-refractivity contribution in [3.05, 3.63) is 73.5 Å². The fourth-order valence-corrected chi connectivity index (χ4v) is 1.89. The van der Waals surface area contributed by atoms with Crippen molar-refractivity contribution >= 4 is 34.4 Å². The number of hydrogen-bond acceptors (Lipinski definition) is 2. The summed E-state index contributed by atoms with van der Waals surface area (Å²) >= 11 is 0. The van der Waals surface area contributed by atoms with Gasteiger partial charge < -0.3 is 9.80 Å². The summed E-state index contributed by atoms with van der Waals surface area (Å²) in [5, 5.41) is 0. The summed E-state index contributed by atoms with van der Waals surface area (Å²) in [5.74, 6) is 0. The third-order valence-electron chi connectivity index (χ3n) is 2.95. The average Bonchev–Trinajstić information content (AvgIpc) is 2.40. The maximum Gasteiger partial charge on any atom is 2.00 e. The first kappa shape index (κ1) is 19.5. The van der Waals surface area contributed by atoms with Gasteiger partial charge in [0.05, 0.1) is 0 Å². The normalized spacial score (nSPS) is 8.95. The molecule has 2 nitrogen and oxygen atoms in total. The minimum atomic E-state index is 0. The molecule has 3 heteroatoms. The molecule has 0 saturated carbocycles. The minimum absolute atomic E-state index is 0. The van der Waals surface area contributed by atoms with Gasteiger partial charge in [0.15, 0.2) is 0 Å². The van der Waals surface area contributed by atoms with Gasteiger partial charge in [-0.2, -0.15) is 37.1 Å². The topological polar surface area (TPSA) is 6.48 Å². The molecule has 2 aromatic rings. The molecule has 0 radical (unpaired) electrons. The van der Waals surface area contributed by atoms with Crippen LogP contribution < -0.4 is 9.80 Å². The standard InChI is InChI=1S/2C9H12N.Mg/c2*1-8-6-4-5-7-9(8)10(2)3;/h2*4-7H,1H2,2-3H3;/q2*-1;+2. The molecule has 0 aromatic heterocycles. The Labute approximate surface area is 145 Å². The third-order valence-corrected chi connectivity index (χ3v) is 2.95. The van der Waals surface area contributed by atoms with Crippen LogP contribution in [0.3, 0.4) is 0 Å². The van der Waals surface area contributed by atoms with E-state index in [0.29, 0.717) is 0 Å². The van der Waals surface area contributed by atoms with Crippen LogP contribution in [0.2, 0.25) is 0 Å². The zero-order valence-electron chi connectivity index (χ0n) is 13.6. The van der Waals surface area contributed by atoms with Gasteiger partial charge in [0.1, 0.15) is 0 Å². The Bertz CT molecular complexity index is 487. The molecule has 0 aliphatic rings. The molecular formula is C18H24MgN2. The van der Waals surface area contributed by atoms with E-state index in [1.807, 2.05) is 64.6 Å². The van der Waals surface area contributed by atoms with Gasteiger partial charge >= 0.3 is 23.1 Å². The summed E-state index contributed by atoms with van der Waals surface area (Å²) in [6.07, 6.45) is 0. The zero-order valence-corrected chi connectivity index (χ0v) is 15.0. The molecule has 108 valence electrons. The number of para-hydroxylation sites is 2. The van der Waals surface area contributed by atoms with Gasteiger partial charge in [-0.3, -0.25) is 0 Å². The first-order valence-electron chi connectivity index (χ1n) is 6.60. The monoisotopic (exact) mass is 292 g/mol. The summed E-state index contributed by atoms with van der Waals surface area (Å²) in [7, 11) is 8.07. The number of benzene rings is 2. The van der Waals surface area contributed by atoms with E-state index in [9.17, 15) is 0 Å². The molecule has 2 rings (SSSR count). The maximum absolute atomic E-state index is 3.90. The number of anilines is 2. The number of nitrogens with zero attached hydrogens (tertiary/aromatic N) is 2. The Morgan fingerprint density at radius 3 is 1.10 bits per heavy atom. The molecule has 0 atom stereocenters. The van der Waals surface area contributed by atoms with Gasteiger partial charge in [0.2, 0.25) is 0 Å². The second-order valence-electron chi connectivity index (χ2n) is 5.05. The molecule has 0 N–H and O–H groups in total. The van der Waals surface area contributed by atoms with E-state index in [4.69, 9.17) is 0 Å². The van der Waals surface area contributed by atoms with Gasteiger partial charge in [0, 0.05) is 0 Å². The summed E-state index contributed by atoms with van der Waals surface area (Å²) in [6, 6.07) is 16.2. The Morgan fingerprint density at radius 2 is 0.905 bits per heavy atom. The molecule has 0 saturated heterocycles. The molecule has 0 aliphatic carbocycles. The average molecular weight is 293 g/mol. The number of rotatable bonds is 2. The van der Waals surface area contributed by atoms with Crippen LogP contribution in [0.4, 0.5) is 11.4 Å². The summed E-state index contributed by atoms with van der Waals surface area (Å²) in [4.78, 5) is 4.12. The van der Waals surface area contributed by atoms with Crippen molar-refractivity contribution in [2.45, 2.75) is 0 Å². The molecule has 21 heavy (non-hydrogen) atoms. The van der Waals surface area contributed by atoms with Gasteiger partial charge in [0.25, 0.3) is 0 Å². The van der Waals surface area contributed by atoms with Crippen LogP contribution in [0, 0.1) is 13.8 Å². The van der Waals surface area contributed by atoms with Gasteiger partial charge in [-0.15, -0.1) is 12.1 Å². The molecule has 0 heterocycles. The molecule has 2 aromatic carbocycles.